The molecule has 2 heterocycles. The van der Waals surface area contributed by atoms with Crippen molar-refractivity contribution < 1.29 is 18.0 Å². The zero-order valence-corrected chi connectivity index (χ0v) is 17.9. The molecule has 2 atom stereocenters. The fourth-order valence-corrected chi connectivity index (χ4v) is 6.82. The predicted molar refractivity (Wildman–Crippen MR) is 107 cm³/mol. The van der Waals surface area contributed by atoms with Crippen molar-refractivity contribution in [2.24, 2.45) is 5.92 Å². The Morgan fingerprint density at radius 1 is 1.00 bits per heavy atom. The Kier molecular flexibility index (Phi) is 6.85. The molecular formula is C19H34N4O4S. The van der Waals surface area contributed by atoms with Crippen molar-refractivity contribution in [2.75, 3.05) is 40.3 Å². The number of carbonyl (C=O) groups is 2. The van der Waals surface area contributed by atoms with E-state index in [1.807, 2.05) is 0 Å². The van der Waals surface area contributed by atoms with Crippen molar-refractivity contribution >= 4 is 22.0 Å². The number of nitrogens with zero attached hydrogens (tertiary/aromatic N) is 3. The molecule has 1 aliphatic carbocycles. The number of urea groups is 1. The summed E-state index contributed by atoms with van der Waals surface area (Å²) in [4.78, 5) is 27.9. The molecule has 1 saturated carbocycles. The monoisotopic (exact) mass is 414 g/mol. The molecule has 0 spiro atoms. The highest BCUT2D eigenvalue weighted by atomic mass is 32.2. The number of fused-ring (bicyclic) bond motifs is 1. The fourth-order valence-electron chi connectivity index (χ4n) is 4.64. The lowest BCUT2D eigenvalue weighted by molar-refractivity contribution is -0.128. The number of rotatable bonds is 3. The predicted octanol–water partition coefficient (Wildman–Crippen LogP) is 1.23. The largest absolute Gasteiger partial charge is 0.348 e. The summed E-state index contributed by atoms with van der Waals surface area (Å²) in [5, 5.41) is 2.68. The number of carbonyl (C=O) groups excluding carboxylic acids is 2. The van der Waals surface area contributed by atoms with Gasteiger partial charge in [0.2, 0.25) is 15.9 Å². The second-order valence-corrected chi connectivity index (χ2v) is 10.8. The van der Waals surface area contributed by atoms with E-state index in [1.165, 1.54) is 22.0 Å². The Morgan fingerprint density at radius 3 is 2.29 bits per heavy atom. The number of amides is 3. The molecule has 0 radical (unpaired) electrons. The smallest absolute Gasteiger partial charge is 0.317 e. The van der Waals surface area contributed by atoms with Crippen LogP contribution in [0.25, 0.3) is 0 Å². The van der Waals surface area contributed by atoms with Gasteiger partial charge in [-0.2, -0.15) is 4.31 Å². The minimum atomic E-state index is -3.49. The van der Waals surface area contributed by atoms with Crippen molar-refractivity contribution in [3.8, 4) is 0 Å². The molecule has 3 amide bonds. The summed E-state index contributed by atoms with van der Waals surface area (Å²) in [7, 11) is -0.228. The maximum absolute atomic E-state index is 12.9. The first kappa shape index (κ1) is 21.4. The standard InChI is InChI=1S/C19H34N4O4S/c1-21(2)18(24)14-23-13-15-9-11-22(12-10-17(15)28(23,26)27)19(25)20-16-7-5-3-4-6-8-16/h15-17H,3-14H2,1-2H3,(H,20,25)/t15-,17-/m0/s1. The lowest BCUT2D eigenvalue weighted by atomic mass is 10.0. The molecule has 0 aromatic rings. The van der Waals surface area contributed by atoms with Crippen LogP contribution in [0.4, 0.5) is 4.79 Å². The summed E-state index contributed by atoms with van der Waals surface area (Å²) in [6.45, 7) is 1.32. The van der Waals surface area contributed by atoms with E-state index in [4.69, 9.17) is 0 Å². The molecule has 1 N–H and O–H groups in total. The van der Waals surface area contributed by atoms with Gasteiger partial charge >= 0.3 is 6.03 Å². The van der Waals surface area contributed by atoms with Crippen LogP contribution in [0.3, 0.4) is 0 Å². The lowest BCUT2D eigenvalue weighted by Crippen LogP contribution is -2.45. The quantitative estimate of drug-likeness (QED) is 0.704. The van der Waals surface area contributed by atoms with Gasteiger partial charge < -0.3 is 15.1 Å². The first-order chi connectivity index (χ1) is 13.3. The zero-order valence-electron chi connectivity index (χ0n) is 17.1. The van der Waals surface area contributed by atoms with E-state index < -0.39 is 15.3 Å². The van der Waals surface area contributed by atoms with Gasteiger partial charge in [-0.05, 0) is 31.6 Å². The van der Waals surface area contributed by atoms with Crippen molar-refractivity contribution in [1.29, 1.82) is 0 Å². The molecular weight excluding hydrogens is 380 g/mol. The van der Waals surface area contributed by atoms with Crippen LogP contribution in [0.2, 0.25) is 0 Å². The van der Waals surface area contributed by atoms with Crippen LogP contribution in [0, 0.1) is 5.92 Å². The maximum atomic E-state index is 12.9. The Hall–Kier alpha value is -1.35. The second-order valence-electron chi connectivity index (χ2n) is 8.63. The van der Waals surface area contributed by atoms with Crippen LogP contribution in [-0.2, 0) is 14.8 Å². The summed E-state index contributed by atoms with van der Waals surface area (Å²) < 4.78 is 27.2. The van der Waals surface area contributed by atoms with E-state index in [9.17, 15) is 18.0 Å². The van der Waals surface area contributed by atoms with E-state index in [0.717, 1.165) is 25.7 Å². The minimum Gasteiger partial charge on any atom is -0.348 e. The minimum absolute atomic E-state index is 0.0179. The van der Waals surface area contributed by atoms with E-state index in [2.05, 4.69) is 5.32 Å². The van der Waals surface area contributed by atoms with Crippen LogP contribution in [0.15, 0.2) is 0 Å². The van der Waals surface area contributed by atoms with Gasteiger partial charge in [-0.15, -0.1) is 0 Å². The molecule has 2 aliphatic heterocycles. The topological polar surface area (TPSA) is 90.0 Å². The number of nitrogens with one attached hydrogen (secondary N) is 1. The molecule has 2 saturated heterocycles. The Balaban J connectivity index is 1.57. The van der Waals surface area contributed by atoms with E-state index in [1.54, 1.807) is 19.0 Å². The average Bonchev–Trinajstić information content (AvgIpc) is 2.90. The molecule has 3 rings (SSSR count). The number of likely N-dealkylation sites (tertiary alicyclic amines) is 1. The van der Waals surface area contributed by atoms with Gasteiger partial charge in [0, 0.05) is 39.8 Å². The SMILES string of the molecule is CN(C)C(=O)CN1C[C@@H]2CCN(C(=O)NC3CCCCCC3)CC[C@@H]2S1(=O)=O. The van der Waals surface area contributed by atoms with Gasteiger partial charge in [0.05, 0.1) is 11.8 Å². The number of sulfonamides is 1. The lowest BCUT2D eigenvalue weighted by Gasteiger charge is -2.25. The Morgan fingerprint density at radius 2 is 1.64 bits per heavy atom. The molecule has 9 heteroatoms. The van der Waals surface area contributed by atoms with Gasteiger partial charge in [-0.25, -0.2) is 13.2 Å². The number of hydrogen-bond acceptors (Lipinski definition) is 4. The van der Waals surface area contributed by atoms with Crippen LogP contribution < -0.4 is 5.32 Å². The number of hydrogen-bond donors (Lipinski definition) is 1. The van der Waals surface area contributed by atoms with Gasteiger partial charge in [0.1, 0.15) is 0 Å². The molecule has 3 fully saturated rings. The van der Waals surface area contributed by atoms with E-state index >= 15 is 0 Å². The molecule has 160 valence electrons. The fraction of sp³-hybridized carbons (Fsp3) is 0.895. The molecule has 3 aliphatic rings. The molecule has 8 nitrogen and oxygen atoms in total. The zero-order chi connectivity index (χ0) is 20.3. The Bertz CT molecular complexity index is 673. The van der Waals surface area contributed by atoms with Crippen LogP contribution in [0.5, 0.6) is 0 Å². The van der Waals surface area contributed by atoms with Crippen molar-refractivity contribution in [3.05, 3.63) is 0 Å². The molecule has 0 bridgehead atoms. The van der Waals surface area contributed by atoms with E-state index in [0.29, 0.717) is 32.5 Å². The Labute approximate surface area is 168 Å². The highest BCUT2D eigenvalue weighted by molar-refractivity contribution is 7.90. The first-order valence-corrected chi connectivity index (χ1v) is 12.0. The highest BCUT2D eigenvalue weighted by Crippen LogP contribution is 2.34. The van der Waals surface area contributed by atoms with Crippen molar-refractivity contribution in [2.45, 2.75) is 62.7 Å². The summed E-state index contributed by atoms with van der Waals surface area (Å²) in [6.07, 6.45) is 7.98. The summed E-state index contributed by atoms with van der Waals surface area (Å²) in [6, 6.07) is 0.193. The molecule has 0 aromatic heterocycles. The third kappa shape index (κ3) is 4.79. The maximum Gasteiger partial charge on any atom is 0.317 e. The van der Waals surface area contributed by atoms with Crippen LogP contribution in [-0.4, -0.2) is 86.0 Å². The van der Waals surface area contributed by atoms with Crippen LogP contribution >= 0.6 is 0 Å². The average molecular weight is 415 g/mol. The molecule has 28 heavy (non-hydrogen) atoms. The third-order valence-electron chi connectivity index (χ3n) is 6.44. The van der Waals surface area contributed by atoms with Gasteiger partial charge in [-0.3, -0.25) is 4.79 Å². The third-order valence-corrected chi connectivity index (χ3v) is 8.82. The first-order valence-electron chi connectivity index (χ1n) is 10.5. The van der Waals surface area contributed by atoms with Gasteiger partial charge in [0.25, 0.3) is 0 Å². The van der Waals surface area contributed by atoms with Gasteiger partial charge in [-0.1, -0.05) is 25.7 Å². The van der Waals surface area contributed by atoms with Crippen molar-refractivity contribution in [1.82, 2.24) is 19.4 Å². The summed E-state index contributed by atoms with van der Waals surface area (Å²) >= 11 is 0. The summed E-state index contributed by atoms with van der Waals surface area (Å²) in [5.74, 6) is -0.222. The summed E-state index contributed by atoms with van der Waals surface area (Å²) in [5.41, 5.74) is 0. The van der Waals surface area contributed by atoms with Crippen molar-refractivity contribution in [3.63, 3.8) is 0 Å². The normalized spacial score (nSPS) is 28.9. The molecule has 0 aromatic carbocycles. The van der Waals surface area contributed by atoms with Gasteiger partial charge in [0.15, 0.2) is 0 Å². The van der Waals surface area contributed by atoms with E-state index in [-0.39, 0.29) is 30.4 Å². The molecule has 0 unspecified atom stereocenters. The highest BCUT2D eigenvalue weighted by Gasteiger charge is 2.47. The van der Waals surface area contributed by atoms with Crippen LogP contribution in [0.1, 0.15) is 51.4 Å². The number of likely N-dealkylation sites (N-methyl/N-ethyl adjacent to an activating group) is 1. The second kappa shape index (κ2) is 8.98.